The highest BCUT2D eigenvalue weighted by Gasteiger charge is 2.31. The summed E-state index contributed by atoms with van der Waals surface area (Å²) in [4.78, 5) is 43.5. The summed E-state index contributed by atoms with van der Waals surface area (Å²) in [6.07, 6.45) is 7.79. The minimum atomic E-state index is -0.255. The Labute approximate surface area is 230 Å². The lowest BCUT2D eigenvalue weighted by molar-refractivity contribution is -0.117. The molecule has 0 unspecified atom stereocenters. The standard InChI is InChI=1S/C30H40N2O5S/c1-2-3-4-8-27(33)23-9-11-25(12-10-23)32-24(13-16-29(32)34)6-5-7-26-14-15-28(38-26)30(35)37-22-19-31-17-20-36-21-18-31/h9-12,14-15,24H,2-8,13,16-22H2,1H3/t24-/m0/s1. The number of nitrogens with zero attached hydrogens (tertiary/aromatic N) is 2. The van der Waals surface area contributed by atoms with E-state index in [-0.39, 0.29) is 23.7 Å². The average molecular weight is 541 g/mol. The smallest absolute Gasteiger partial charge is 0.348 e. The summed E-state index contributed by atoms with van der Waals surface area (Å²) >= 11 is 1.50. The van der Waals surface area contributed by atoms with Crippen molar-refractivity contribution >= 4 is 34.7 Å². The number of ether oxygens (including phenoxy) is 2. The van der Waals surface area contributed by atoms with Crippen LogP contribution in [0.3, 0.4) is 0 Å². The molecule has 2 fully saturated rings. The van der Waals surface area contributed by atoms with Crippen LogP contribution in [0.1, 0.15) is 83.2 Å². The van der Waals surface area contributed by atoms with Crippen molar-refractivity contribution in [3.63, 3.8) is 0 Å². The number of hydrogen-bond donors (Lipinski definition) is 0. The first-order valence-corrected chi connectivity index (χ1v) is 14.9. The number of amides is 1. The van der Waals surface area contributed by atoms with E-state index in [2.05, 4.69) is 11.8 Å². The molecule has 206 valence electrons. The Kier molecular flexibility index (Phi) is 10.9. The van der Waals surface area contributed by atoms with Crippen molar-refractivity contribution in [2.45, 2.75) is 70.8 Å². The number of Topliss-reactive ketones (excluding diaryl/α,β-unsaturated/α-hetero) is 1. The van der Waals surface area contributed by atoms with E-state index in [0.29, 0.717) is 24.3 Å². The predicted molar refractivity (Wildman–Crippen MR) is 150 cm³/mol. The van der Waals surface area contributed by atoms with Gasteiger partial charge >= 0.3 is 5.97 Å². The number of aryl methyl sites for hydroxylation is 1. The van der Waals surface area contributed by atoms with Gasteiger partial charge in [-0.05, 0) is 68.5 Å². The zero-order valence-corrected chi connectivity index (χ0v) is 23.3. The second kappa shape index (κ2) is 14.6. The molecule has 1 aromatic carbocycles. The van der Waals surface area contributed by atoms with Crippen molar-refractivity contribution in [3.8, 4) is 0 Å². The largest absolute Gasteiger partial charge is 0.460 e. The highest BCUT2D eigenvalue weighted by molar-refractivity contribution is 7.13. The molecule has 2 aliphatic heterocycles. The number of esters is 1. The number of rotatable bonds is 14. The molecule has 8 heteroatoms. The van der Waals surface area contributed by atoms with Gasteiger partial charge in [0.15, 0.2) is 5.78 Å². The molecule has 0 radical (unpaired) electrons. The molecule has 0 spiro atoms. The Morgan fingerprint density at radius 1 is 1.05 bits per heavy atom. The van der Waals surface area contributed by atoms with E-state index in [0.717, 1.165) is 93.9 Å². The SMILES string of the molecule is CCCCCC(=O)c1ccc(N2C(=O)CC[C@@H]2CCCc2ccc(C(=O)OCCN3CCOCC3)s2)cc1. The molecule has 2 aromatic rings. The van der Waals surface area contributed by atoms with E-state index in [1.54, 1.807) is 0 Å². The summed E-state index contributed by atoms with van der Waals surface area (Å²) in [5.74, 6) is 0.0650. The monoisotopic (exact) mass is 540 g/mol. The molecule has 0 bridgehead atoms. The van der Waals surface area contributed by atoms with Crippen LogP contribution in [0, 0.1) is 0 Å². The van der Waals surface area contributed by atoms with Crippen LogP contribution < -0.4 is 4.90 Å². The van der Waals surface area contributed by atoms with Gasteiger partial charge < -0.3 is 14.4 Å². The number of morpholine rings is 1. The lowest BCUT2D eigenvalue weighted by Crippen LogP contribution is -2.38. The third-order valence-corrected chi connectivity index (χ3v) is 8.49. The van der Waals surface area contributed by atoms with Gasteiger partial charge in [-0.25, -0.2) is 4.79 Å². The van der Waals surface area contributed by atoms with E-state index < -0.39 is 0 Å². The van der Waals surface area contributed by atoms with E-state index in [1.165, 1.54) is 11.3 Å². The highest BCUT2D eigenvalue weighted by Crippen LogP contribution is 2.30. The fraction of sp³-hybridized carbons (Fsp3) is 0.567. The molecule has 38 heavy (non-hydrogen) atoms. The molecular formula is C30H40N2O5S. The van der Waals surface area contributed by atoms with Gasteiger partial charge in [0.1, 0.15) is 11.5 Å². The lowest BCUT2D eigenvalue weighted by atomic mass is 10.0. The normalized spacial score (nSPS) is 18.2. The quantitative estimate of drug-likeness (QED) is 0.178. The number of unbranched alkanes of at least 4 members (excludes halogenated alkanes) is 2. The van der Waals surface area contributed by atoms with Crippen LogP contribution in [0.4, 0.5) is 5.69 Å². The molecule has 3 heterocycles. The molecule has 1 atom stereocenters. The Balaban J connectivity index is 1.22. The number of thiophene rings is 1. The first kappa shape index (κ1) is 28.5. The maximum Gasteiger partial charge on any atom is 0.348 e. The van der Waals surface area contributed by atoms with Crippen molar-refractivity contribution in [1.29, 1.82) is 0 Å². The molecule has 0 saturated carbocycles. The van der Waals surface area contributed by atoms with E-state index in [1.807, 2.05) is 41.3 Å². The van der Waals surface area contributed by atoms with Gasteiger partial charge in [0.25, 0.3) is 0 Å². The van der Waals surface area contributed by atoms with Gasteiger partial charge in [0, 0.05) is 54.6 Å². The summed E-state index contributed by atoms with van der Waals surface area (Å²) in [7, 11) is 0. The van der Waals surface area contributed by atoms with Crippen LogP contribution >= 0.6 is 11.3 Å². The van der Waals surface area contributed by atoms with Crippen LogP contribution in [0.2, 0.25) is 0 Å². The molecule has 0 aliphatic carbocycles. The lowest BCUT2D eigenvalue weighted by Gasteiger charge is -2.26. The summed E-state index contributed by atoms with van der Waals surface area (Å²) in [6, 6.07) is 11.6. The Morgan fingerprint density at radius 3 is 2.61 bits per heavy atom. The van der Waals surface area contributed by atoms with Crippen LogP contribution in [0.25, 0.3) is 0 Å². The van der Waals surface area contributed by atoms with Gasteiger partial charge in [-0.1, -0.05) is 19.8 Å². The first-order chi connectivity index (χ1) is 18.5. The Bertz CT molecular complexity index is 1060. The maximum absolute atomic E-state index is 12.7. The van der Waals surface area contributed by atoms with Gasteiger partial charge in [-0.3, -0.25) is 14.5 Å². The van der Waals surface area contributed by atoms with E-state index >= 15 is 0 Å². The zero-order chi connectivity index (χ0) is 26.7. The van der Waals surface area contributed by atoms with Crippen molar-refractivity contribution in [2.24, 2.45) is 0 Å². The molecule has 7 nitrogen and oxygen atoms in total. The minimum absolute atomic E-state index is 0.148. The minimum Gasteiger partial charge on any atom is -0.460 e. The maximum atomic E-state index is 12.7. The predicted octanol–water partition coefficient (Wildman–Crippen LogP) is 5.52. The molecule has 1 aromatic heterocycles. The van der Waals surface area contributed by atoms with E-state index in [9.17, 15) is 14.4 Å². The zero-order valence-electron chi connectivity index (χ0n) is 22.5. The van der Waals surface area contributed by atoms with Gasteiger partial charge in [0.2, 0.25) is 5.91 Å². The summed E-state index contributed by atoms with van der Waals surface area (Å²) in [5, 5.41) is 0. The molecule has 0 N–H and O–H groups in total. The second-order valence-electron chi connectivity index (χ2n) is 10.1. The highest BCUT2D eigenvalue weighted by atomic mass is 32.1. The van der Waals surface area contributed by atoms with Crippen molar-refractivity contribution < 1.29 is 23.9 Å². The number of ketones is 1. The fourth-order valence-electron chi connectivity index (χ4n) is 5.16. The molecule has 2 saturated heterocycles. The molecular weight excluding hydrogens is 500 g/mol. The van der Waals surface area contributed by atoms with Gasteiger partial charge in [-0.15, -0.1) is 11.3 Å². The third kappa shape index (κ3) is 7.98. The fourth-order valence-corrected chi connectivity index (χ4v) is 6.10. The Morgan fingerprint density at radius 2 is 1.84 bits per heavy atom. The first-order valence-electron chi connectivity index (χ1n) is 14.1. The number of hydrogen-bond acceptors (Lipinski definition) is 7. The number of carbonyl (C=O) groups excluding carboxylic acids is 3. The summed E-state index contributed by atoms with van der Waals surface area (Å²) in [6.45, 7) is 6.51. The second-order valence-corrected chi connectivity index (χ2v) is 11.3. The third-order valence-electron chi connectivity index (χ3n) is 7.37. The molecule has 1 amide bonds. The van der Waals surface area contributed by atoms with Crippen molar-refractivity contribution in [2.75, 3.05) is 44.4 Å². The van der Waals surface area contributed by atoms with Crippen LogP contribution in [-0.4, -0.2) is 68.1 Å². The van der Waals surface area contributed by atoms with Crippen LogP contribution in [-0.2, 0) is 20.7 Å². The van der Waals surface area contributed by atoms with Gasteiger partial charge in [0.05, 0.1) is 13.2 Å². The van der Waals surface area contributed by atoms with Crippen molar-refractivity contribution in [3.05, 3.63) is 51.7 Å². The van der Waals surface area contributed by atoms with Crippen molar-refractivity contribution in [1.82, 2.24) is 4.90 Å². The molecule has 4 rings (SSSR count). The van der Waals surface area contributed by atoms with Crippen LogP contribution in [0.5, 0.6) is 0 Å². The van der Waals surface area contributed by atoms with Crippen LogP contribution in [0.15, 0.2) is 36.4 Å². The topological polar surface area (TPSA) is 76.2 Å². The number of benzene rings is 1. The Hall–Kier alpha value is -2.55. The average Bonchev–Trinajstić information content (AvgIpc) is 3.56. The number of anilines is 1. The summed E-state index contributed by atoms with van der Waals surface area (Å²) < 4.78 is 10.8. The number of carbonyl (C=O) groups is 3. The molecule has 2 aliphatic rings. The van der Waals surface area contributed by atoms with E-state index in [4.69, 9.17) is 9.47 Å². The van der Waals surface area contributed by atoms with Gasteiger partial charge in [-0.2, -0.15) is 0 Å². The summed E-state index contributed by atoms with van der Waals surface area (Å²) in [5.41, 5.74) is 1.60.